The minimum Gasteiger partial charge on any atom is -0.357 e. The smallest absolute Gasteiger partial charge is 0.209 e. The molecule has 158 valence electrons. The maximum atomic E-state index is 11.5. The van der Waals surface area contributed by atoms with Gasteiger partial charge in [-0.2, -0.15) is 0 Å². The highest BCUT2D eigenvalue weighted by molar-refractivity contribution is 7.88. The molecule has 1 aromatic rings. The van der Waals surface area contributed by atoms with Gasteiger partial charge in [0.1, 0.15) is 0 Å². The molecule has 3 N–H and O–H groups in total. The number of aliphatic imine (C=N–C) groups is 1. The molecule has 28 heavy (non-hydrogen) atoms. The Hall–Kier alpha value is -1.71. The molecular weight excluding hydrogens is 376 g/mol. The van der Waals surface area contributed by atoms with Gasteiger partial charge in [-0.05, 0) is 45.7 Å². The molecule has 0 radical (unpaired) electrons. The number of rotatable bonds is 8. The molecule has 0 bridgehead atoms. The number of pyridine rings is 1. The zero-order valence-corrected chi connectivity index (χ0v) is 18.2. The first-order valence-corrected chi connectivity index (χ1v) is 11.7. The Balaban J connectivity index is 1.85. The number of likely N-dealkylation sites (tertiary alicyclic amines) is 1. The van der Waals surface area contributed by atoms with Crippen LogP contribution in [0.3, 0.4) is 0 Å². The summed E-state index contributed by atoms with van der Waals surface area (Å²) in [5.41, 5.74) is 0.464. The van der Waals surface area contributed by atoms with Crippen LogP contribution in [0.5, 0.6) is 0 Å². The molecule has 8 nitrogen and oxygen atoms in total. The van der Waals surface area contributed by atoms with Crippen molar-refractivity contribution in [2.24, 2.45) is 4.99 Å². The van der Waals surface area contributed by atoms with Crippen molar-refractivity contribution in [3.8, 4) is 0 Å². The number of nitrogens with zero attached hydrogens (tertiary/aromatic N) is 3. The molecule has 1 aliphatic rings. The van der Waals surface area contributed by atoms with Crippen LogP contribution < -0.4 is 15.4 Å². The molecule has 1 saturated heterocycles. The monoisotopic (exact) mass is 410 g/mol. The Morgan fingerprint density at radius 2 is 2.04 bits per heavy atom. The van der Waals surface area contributed by atoms with Crippen molar-refractivity contribution in [1.82, 2.24) is 25.2 Å². The molecule has 2 heterocycles. The van der Waals surface area contributed by atoms with Gasteiger partial charge >= 0.3 is 0 Å². The standard InChI is InChI=1S/C19H34N6O2S/c1-5-20-18(22-15-19(2,3)24-28(4,26)27)23-16-9-12-25(13-10-16)14-17-8-6-7-11-21-17/h6-8,11,16,24H,5,9-10,12-15H2,1-4H3,(H2,20,22,23). The predicted molar refractivity (Wildman–Crippen MR) is 114 cm³/mol. The fourth-order valence-electron chi connectivity index (χ4n) is 3.28. The molecule has 0 unspecified atom stereocenters. The lowest BCUT2D eigenvalue weighted by Crippen LogP contribution is -2.50. The van der Waals surface area contributed by atoms with Crippen LogP contribution in [0.15, 0.2) is 29.4 Å². The number of aromatic nitrogens is 1. The Morgan fingerprint density at radius 1 is 1.32 bits per heavy atom. The van der Waals surface area contributed by atoms with Crippen LogP contribution in [0.1, 0.15) is 39.3 Å². The third-order valence-electron chi connectivity index (χ3n) is 4.48. The topological polar surface area (TPSA) is 98.7 Å². The van der Waals surface area contributed by atoms with E-state index in [0.717, 1.165) is 50.7 Å². The van der Waals surface area contributed by atoms with Crippen LogP contribution in [-0.4, -0.2) is 68.3 Å². The number of piperidine rings is 1. The summed E-state index contributed by atoms with van der Waals surface area (Å²) >= 11 is 0. The summed E-state index contributed by atoms with van der Waals surface area (Å²) < 4.78 is 25.6. The van der Waals surface area contributed by atoms with E-state index in [-0.39, 0.29) is 0 Å². The van der Waals surface area contributed by atoms with E-state index >= 15 is 0 Å². The van der Waals surface area contributed by atoms with Crippen LogP contribution in [0, 0.1) is 0 Å². The number of hydrogen-bond acceptors (Lipinski definition) is 5. The lowest BCUT2D eigenvalue weighted by molar-refractivity contribution is 0.196. The Kier molecular flexibility index (Phi) is 8.21. The highest BCUT2D eigenvalue weighted by Gasteiger charge is 2.23. The van der Waals surface area contributed by atoms with Crippen LogP contribution in [0.2, 0.25) is 0 Å². The van der Waals surface area contributed by atoms with E-state index in [0.29, 0.717) is 12.6 Å². The van der Waals surface area contributed by atoms with Gasteiger partial charge in [0.25, 0.3) is 0 Å². The van der Waals surface area contributed by atoms with Gasteiger partial charge in [-0.15, -0.1) is 0 Å². The normalized spacial score (nSPS) is 17.5. The van der Waals surface area contributed by atoms with Crippen LogP contribution in [-0.2, 0) is 16.6 Å². The van der Waals surface area contributed by atoms with Crippen molar-refractivity contribution in [1.29, 1.82) is 0 Å². The van der Waals surface area contributed by atoms with Crippen molar-refractivity contribution in [2.75, 3.05) is 32.4 Å². The van der Waals surface area contributed by atoms with Crippen molar-refractivity contribution >= 4 is 16.0 Å². The van der Waals surface area contributed by atoms with Crippen molar-refractivity contribution < 1.29 is 8.42 Å². The molecular formula is C19H34N6O2S. The second kappa shape index (κ2) is 10.2. The Bertz CT molecular complexity index is 728. The molecule has 1 fully saturated rings. The quantitative estimate of drug-likeness (QED) is 0.436. The molecule has 1 aliphatic heterocycles. The third-order valence-corrected chi connectivity index (χ3v) is 5.40. The zero-order valence-electron chi connectivity index (χ0n) is 17.4. The zero-order chi connectivity index (χ0) is 20.6. The summed E-state index contributed by atoms with van der Waals surface area (Å²) in [6.07, 6.45) is 5.06. The lowest BCUT2D eigenvalue weighted by Gasteiger charge is -2.33. The first kappa shape index (κ1) is 22.6. The predicted octanol–water partition coefficient (Wildman–Crippen LogP) is 0.929. The van der Waals surface area contributed by atoms with Crippen molar-refractivity contribution in [3.63, 3.8) is 0 Å². The summed E-state index contributed by atoms with van der Waals surface area (Å²) in [6.45, 7) is 9.69. The van der Waals surface area contributed by atoms with E-state index in [1.54, 1.807) is 0 Å². The van der Waals surface area contributed by atoms with Gasteiger partial charge in [-0.1, -0.05) is 6.07 Å². The average molecular weight is 411 g/mol. The minimum atomic E-state index is -3.27. The first-order chi connectivity index (χ1) is 13.2. The van der Waals surface area contributed by atoms with Crippen LogP contribution in [0.4, 0.5) is 0 Å². The average Bonchev–Trinajstić information content (AvgIpc) is 2.60. The fourth-order valence-corrected chi connectivity index (χ4v) is 4.35. The molecule has 9 heteroatoms. The fraction of sp³-hybridized carbons (Fsp3) is 0.684. The van der Waals surface area contributed by atoms with E-state index in [4.69, 9.17) is 0 Å². The van der Waals surface area contributed by atoms with Gasteiger partial charge in [-0.3, -0.25) is 14.9 Å². The summed E-state index contributed by atoms with van der Waals surface area (Å²) in [5, 5.41) is 6.75. The highest BCUT2D eigenvalue weighted by Crippen LogP contribution is 2.13. The molecule has 0 aliphatic carbocycles. The minimum absolute atomic E-state index is 0.351. The van der Waals surface area contributed by atoms with Crippen LogP contribution in [0.25, 0.3) is 0 Å². The lowest BCUT2D eigenvalue weighted by atomic mass is 10.0. The van der Waals surface area contributed by atoms with E-state index in [2.05, 4.69) is 36.3 Å². The van der Waals surface area contributed by atoms with Crippen molar-refractivity contribution in [3.05, 3.63) is 30.1 Å². The summed E-state index contributed by atoms with van der Waals surface area (Å²) in [7, 11) is -3.27. The maximum absolute atomic E-state index is 11.5. The molecule has 1 aromatic heterocycles. The Morgan fingerprint density at radius 3 is 2.61 bits per heavy atom. The van der Waals surface area contributed by atoms with Crippen molar-refractivity contribution in [2.45, 2.75) is 51.7 Å². The van der Waals surface area contributed by atoms with Gasteiger partial charge in [0.15, 0.2) is 5.96 Å². The SMILES string of the molecule is CCNC(=NCC(C)(C)NS(C)(=O)=O)NC1CCN(Cc2ccccn2)CC1. The highest BCUT2D eigenvalue weighted by atomic mass is 32.2. The number of hydrogen-bond donors (Lipinski definition) is 3. The van der Waals surface area contributed by atoms with E-state index in [1.165, 1.54) is 6.26 Å². The molecule has 2 rings (SSSR count). The molecule has 0 spiro atoms. The van der Waals surface area contributed by atoms with Gasteiger partial charge in [-0.25, -0.2) is 13.1 Å². The second-order valence-corrected chi connectivity index (χ2v) is 9.72. The van der Waals surface area contributed by atoms with E-state index in [1.807, 2.05) is 39.1 Å². The van der Waals surface area contributed by atoms with Gasteiger partial charge < -0.3 is 10.6 Å². The molecule has 0 aromatic carbocycles. The van der Waals surface area contributed by atoms with E-state index < -0.39 is 15.6 Å². The Labute approximate surface area is 169 Å². The molecule has 0 amide bonds. The molecule has 0 saturated carbocycles. The number of sulfonamides is 1. The third kappa shape index (κ3) is 8.53. The maximum Gasteiger partial charge on any atom is 0.209 e. The van der Waals surface area contributed by atoms with E-state index in [9.17, 15) is 8.42 Å². The summed E-state index contributed by atoms with van der Waals surface area (Å²) in [6, 6.07) is 6.37. The van der Waals surface area contributed by atoms with Gasteiger partial charge in [0.2, 0.25) is 10.0 Å². The van der Waals surface area contributed by atoms with Gasteiger partial charge in [0.05, 0.1) is 18.5 Å². The molecule has 0 atom stereocenters. The summed E-state index contributed by atoms with van der Waals surface area (Å²) in [5.74, 6) is 0.731. The number of nitrogens with one attached hydrogen (secondary N) is 3. The van der Waals surface area contributed by atoms with Crippen LogP contribution >= 0.6 is 0 Å². The second-order valence-electron chi connectivity index (χ2n) is 7.97. The number of guanidine groups is 1. The summed E-state index contributed by atoms with van der Waals surface area (Å²) in [4.78, 5) is 11.4. The first-order valence-electron chi connectivity index (χ1n) is 9.83. The largest absolute Gasteiger partial charge is 0.357 e. The van der Waals surface area contributed by atoms with Gasteiger partial charge in [0, 0.05) is 44.0 Å².